The molecule has 6 heteroatoms. The van der Waals surface area contributed by atoms with E-state index in [0.717, 1.165) is 12.1 Å². The fourth-order valence-electron chi connectivity index (χ4n) is 1.31. The van der Waals surface area contributed by atoms with Gasteiger partial charge >= 0.3 is 0 Å². The van der Waals surface area contributed by atoms with Gasteiger partial charge in [-0.2, -0.15) is 0 Å². The van der Waals surface area contributed by atoms with Crippen LogP contribution in [-0.2, 0) is 0 Å². The lowest BCUT2D eigenvalue weighted by Crippen LogP contribution is -2.01. The van der Waals surface area contributed by atoms with Crippen LogP contribution in [0.1, 0.15) is 0 Å². The Kier molecular flexibility index (Phi) is 3.23. The maximum atomic E-state index is 13.5. The molecule has 0 radical (unpaired) electrons. The Morgan fingerprint density at radius 2 is 1.82 bits per heavy atom. The predicted octanol–water partition coefficient (Wildman–Crippen LogP) is 3.45. The van der Waals surface area contributed by atoms with Crippen molar-refractivity contribution in [3.8, 4) is 0 Å². The van der Waals surface area contributed by atoms with E-state index in [-0.39, 0.29) is 17.3 Å². The van der Waals surface area contributed by atoms with Gasteiger partial charge in [-0.3, -0.25) is 0 Å². The summed E-state index contributed by atoms with van der Waals surface area (Å²) in [7, 11) is 0. The van der Waals surface area contributed by atoms with Gasteiger partial charge in [0.15, 0.2) is 11.6 Å². The molecule has 1 aromatic heterocycles. The van der Waals surface area contributed by atoms with Gasteiger partial charge in [0.2, 0.25) is 0 Å². The van der Waals surface area contributed by atoms with Crippen LogP contribution >= 0.6 is 15.9 Å². The Morgan fingerprint density at radius 1 is 1.18 bits per heavy atom. The first-order chi connectivity index (χ1) is 8.06. The summed E-state index contributed by atoms with van der Waals surface area (Å²) in [6.07, 6.45) is 0. The number of hydrogen-bond donors (Lipinski definition) is 2. The molecular formula is C11H8BrF2N3. The summed E-state index contributed by atoms with van der Waals surface area (Å²) in [4.78, 5) is 3.89. The highest BCUT2D eigenvalue weighted by Gasteiger charge is 2.11. The Morgan fingerprint density at radius 3 is 2.41 bits per heavy atom. The van der Waals surface area contributed by atoms with Gasteiger partial charge in [0.05, 0.1) is 0 Å². The Hall–Kier alpha value is -1.69. The van der Waals surface area contributed by atoms with Crippen LogP contribution in [0.2, 0.25) is 0 Å². The number of pyridine rings is 1. The molecule has 0 spiro atoms. The molecule has 3 nitrogen and oxygen atoms in total. The zero-order chi connectivity index (χ0) is 12.4. The molecule has 0 amide bonds. The minimum Gasteiger partial charge on any atom is -0.384 e. The van der Waals surface area contributed by atoms with Crippen molar-refractivity contribution in [3.05, 3.63) is 46.4 Å². The van der Waals surface area contributed by atoms with Crippen molar-refractivity contribution in [2.45, 2.75) is 0 Å². The number of anilines is 3. The second-order valence-electron chi connectivity index (χ2n) is 3.32. The smallest absolute Gasteiger partial charge is 0.150 e. The molecule has 88 valence electrons. The molecule has 0 bridgehead atoms. The summed E-state index contributed by atoms with van der Waals surface area (Å²) in [5.41, 5.74) is 5.21. The zero-order valence-electron chi connectivity index (χ0n) is 8.55. The van der Waals surface area contributed by atoms with E-state index < -0.39 is 11.6 Å². The van der Waals surface area contributed by atoms with Crippen LogP contribution in [0.3, 0.4) is 0 Å². The van der Waals surface area contributed by atoms with Gasteiger partial charge in [-0.25, -0.2) is 13.8 Å². The van der Waals surface area contributed by atoms with Crippen LogP contribution in [0.15, 0.2) is 34.8 Å². The summed E-state index contributed by atoms with van der Waals surface area (Å²) in [6.45, 7) is 0. The van der Waals surface area contributed by atoms with Gasteiger partial charge in [0.25, 0.3) is 0 Å². The van der Waals surface area contributed by atoms with Gasteiger partial charge in [-0.15, -0.1) is 0 Å². The molecule has 1 heterocycles. The number of benzene rings is 1. The van der Waals surface area contributed by atoms with E-state index in [9.17, 15) is 8.78 Å². The molecule has 2 rings (SSSR count). The van der Waals surface area contributed by atoms with Gasteiger partial charge in [0.1, 0.15) is 17.3 Å². The fourth-order valence-corrected chi connectivity index (χ4v) is 1.71. The number of nitrogens with zero attached hydrogens (tertiary/aromatic N) is 1. The normalized spacial score (nSPS) is 10.3. The topological polar surface area (TPSA) is 50.9 Å². The van der Waals surface area contributed by atoms with Crippen LogP contribution in [0.25, 0.3) is 0 Å². The van der Waals surface area contributed by atoms with E-state index in [1.54, 1.807) is 18.2 Å². The van der Waals surface area contributed by atoms with Crippen molar-refractivity contribution in [2.75, 3.05) is 11.1 Å². The van der Waals surface area contributed by atoms with Crippen LogP contribution in [0.5, 0.6) is 0 Å². The first-order valence-corrected chi connectivity index (χ1v) is 5.49. The van der Waals surface area contributed by atoms with E-state index in [0.29, 0.717) is 4.47 Å². The lowest BCUT2D eigenvalue weighted by Gasteiger charge is -2.08. The Bertz CT molecular complexity index is 537. The van der Waals surface area contributed by atoms with Gasteiger partial charge < -0.3 is 11.1 Å². The highest BCUT2D eigenvalue weighted by Crippen LogP contribution is 2.26. The highest BCUT2D eigenvalue weighted by atomic mass is 79.9. The van der Waals surface area contributed by atoms with E-state index >= 15 is 0 Å². The Balaban J connectivity index is 2.36. The van der Waals surface area contributed by atoms with Crippen molar-refractivity contribution < 1.29 is 8.78 Å². The molecule has 17 heavy (non-hydrogen) atoms. The van der Waals surface area contributed by atoms with Crippen LogP contribution in [0, 0.1) is 11.6 Å². The van der Waals surface area contributed by atoms with Gasteiger partial charge in [-0.1, -0.05) is 22.0 Å². The fraction of sp³-hybridized carbons (Fsp3) is 0. The van der Waals surface area contributed by atoms with Gasteiger partial charge in [0, 0.05) is 4.47 Å². The third-order valence-corrected chi connectivity index (χ3v) is 2.49. The van der Waals surface area contributed by atoms with Crippen LogP contribution in [0.4, 0.5) is 26.1 Å². The number of rotatable bonds is 2. The van der Waals surface area contributed by atoms with E-state index in [4.69, 9.17) is 5.73 Å². The number of halogens is 3. The Labute approximate surface area is 105 Å². The second kappa shape index (κ2) is 4.67. The summed E-state index contributed by atoms with van der Waals surface area (Å²) >= 11 is 3.00. The third-order valence-electron chi connectivity index (χ3n) is 2.03. The molecule has 1 aromatic carbocycles. The minimum atomic E-state index is -0.707. The molecule has 0 unspecified atom stereocenters. The predicted molar refractivity (Wildman–Crippen MR) is 66.0 cm³/mol. The maximum absolute atomic E-state index is 13.5. The summed E-state index contributed by atoms with van der Waals surface area (Å²) in [6, 6.07) is 7.12. The number of aromatic nitrogens is 1. The SMILES string of the molecule is Nc1cccc(Nc2c(F)cc(Br)cc2F)n1. The van der Waals surface area contributed by atoms with Gasteiger partial charge in [-0.05, 0) is 24.3 Å². The summed E-state index contributed by atoms with van der Waals surface area (Å²) in [5.74, 6) is -0.861. The molecule has 0 saturated carbocycles. The average Bonchev–Trinajstić information content (AvgIpc) is 2.23. The lowest BCUT2D eigenvalue weighted by atomic mass is 10.3. The molecule has 0 aliphatic carbocycles. The summed E-state index contributed by atoms with van der Waals surface area (Å²) in [5, 5.41) is 2.55. The van der Waals surface area contributed by atoms with Crippen LogP contribution in [-0.4, -0.2) is 4.98 Å². The maximum Gasteiger partial charge on any atom is 0.150 e. The molecule has 2 aromatic rings. The van der Waals surface area contributed by atoms with E-state index in [1.807, 2.05) is 0 Å². The second-order valence-corrected chi connectivity index (χ2v) is 4.23. The number of nitrogens with two attached hydrogens (primary N) is 1. The summed E-state index contributed by atoms with van der Waals surface area (Å²) < 4.78 is 27.3. The lowest BCUT2D eigenvalue weighted by molar-refractivity contribution is 0.589. The largest absolute Gasteiger partial charge is 0.384 e. The zero-order valence-corrected chi connectivity index (χ0v) is 10.1. The number of nitrogen functional groups attached to an aromatic ring is 1. The van der Waals surface area contributed by atoms with Crippen molar-refractivity contribution in [2.24, 2.45) is 0 Å². The first kappa shape index (κ1) is 11.8. The number of nitrogens with one attached hydrogen (secondary N) is 1. The van der Waals surface area contributed by atoms with Crippen molar-refractivity contribution in [1.82, 2.24) is 4.98 Å². The van der Waals surface area contributed by atoms with Crippen molar-refractivity contribution >= 4 is 33.3 Å². The third kappa shape index (κ3) is 2.71. The standard InChI is InChI=1S/C11H8BrF2N3/c12-6-4-7(13)11(8(14)5-6)17-10-3-1-2-9(15)16-10/h1-5H,(H3,15,16,17). The van der Waals surface area contributed by atoms with Crippen LogP contribution < -0.4 is 11.1 Å². The highest BCUT2D eigenvalue weighted by molar-refractivity contribution is 9.10. The average molecular weight is 300 g/mol. The van der Waals surface area contributed by atoms with Crippen molar-refractivity contribution in [3.63, 3.8) is 0 Å². The minimum absolute atomic E-state index is 0.258. The molecule has 0 aliphatic rings. The first-order valence-electron chi connectivity index (χ1n) is 4.70. The molecule has 0 saturated heterocycles. The van der Waals surface area contributed by atoms with E-state index in [2.05, 4.69) is 26.2 Å². The molecular weight excluding hydrogens is 292 g/mol. The monoisotopic (exact) mass is 299 g/mol. The van der Waals surface area contributed by atoms with Crippen molar-refractivity contribution in [1.29, 1.82) is 0 Å². The molecule has 0 aliphatic heterocycles. The quantitative estimate of drug-likeness (QED) is 0.893. The molecule has 0 atom stereocenters. The molecule has 3 N–H and O–H groups in total. The number of hydrogen-bond acceptors (Lipinski definition) is 3. The molecule has 0 fully saturated rings. The van der Waals surface area contributed by atoms with E-state index in [1.165, 1.54) is 0 Å².